The van der Waals surface area contributed by atoms with Gasteiger partial charge in [0.05, 0.1) is 10.6 Å². The van der Waals surface area contributed by atoms with Gasteiger partial charge < -0.3 is 10.4 Å². The normalized spacial score (nSPS) is 12.2. The first kappa shape index (κ1) is 15.3. The molecule has 3 nitrogen and oxygen atoms in total. The molecule has 1 aromatic heterocycles. The van der Waals surface area contributed by atoms with Crippen LogP contribution < -0.4 is 5.32 Å². The monoisotopic (exact) mass is 329 g/mol. The standard InChI is InChI=1S/C14H13Cl2NO2S/c1-8-4-5-20-13(8)12(18)7-17-14(19)10-6-9(15)2-3-11(10)16/h2-6,12,18H,7H2,1H3,(H,17,19). The third-order valence-electron chi connectivity index (χ3n) is 2.83. The molecule has 2 rings (SSSR count). The number of benzene rings is 1. The Kier molecular flexibility index (Phi) is 5.05. The maximum absolute atomic E-state index is 12.0. The van der Waals surface area contributed by atoms with Crippen LogP contribution in [0.5, 0.6) is 0 Å². The summed E-state index contributed by atoms with van der Waals surface area (Å²) < 4.78 is 0. The molecule has 1 atom stereocenters. The van der Waals surface area contributed by atoms with Crippen molar-refractivity contribution in [2.24, 2.45) is 0 Å². The van der Waals surface area contributed by atoms with Crippen molar-refractivity contribution in [1.82, 2.24) is 5.32 Å². The van der Waals surface area contributed by atoms with Gasteiger partial charge in [-0.05, 0) is 42.1 Å². The van der Waals surface area contributed by atoms with Crippen molar-refractivity contribution in [2.45, 2.75) is 13.0 Å². The van der Waals surface area contributed by atoms with E-state index in [1.54, 1.807) is 12.1 Å². The van der Waals surface area contributed by atoms with E-state index in [0.29, 0.717) is 15.6 Å². The summed E-state index contributed by atoms with van der Waals surface area (Å²) in [5.41, 5.74) is 1.31. The minimum absolute atomic E-state index is 0.128. The van der Waals surface area contributed by atoms with Crippen molar-refractivity contribution < 1.29 is 9.90 Å². The molecule has 0 aliphatic carbocycles. The molecule has 0 saturated heterocycles. The predicted molar refractivity (Wildman–Crippen MR) is 82.8 cm³/mol. The van der Waals surface area contributed by atoms with Gasteiger partial charge in [0.15, 0.2) is 0 Å². The van der Waals surface area contributed by atoms with E-state index >= 15 is 0 Å². The second-order valence-electron chi connectivity index (χ2n) is 4.32. The largest absolute Gasteiger partial charge is 0.386 e. The Balaban J connectivity index is 2.02. The highest BCUT2D eigenvalue weighted by molar-refractivity contribution is 7.10. The fourth-order valence-corrected chi connectivity index (χ4v) is 3.06. The van der Waals surface area contributed by atoms with Crippen LogP contribution in [0.1, 0.15) is 26.9 Å². The number of carbonyl (C=O) groups excluding carboxylic acids is 1. The highest BCUT2D eigenvalue weighted by Crippen LogP contribution is 2.24. The molecule has 1 amide bonds. The first-order valence-corrected chi connectivity index (χ1v) is 7.58. The van der Waals surface area contributed by atoms with Gasteiger partial charge in [0.1, 0.15) is 6.10 Å². The average molecular weight is 330 g/mol. The average Bonchev–Trinajstić information content (AvgIpc) is 2.84. The number of nitrogens with one attached hydrogen (secondary N) is 1. The zero-order valence-electron chi connectivity index (χ0n) is 10.7. The number of rotatable bonds is 4. The number of aliphatic hydroxyl groups excluding tert-OH is 1. The molecule has 0 bridgehead atoms. The minimum atomic E-state index is -0.725. The predicted octanol–water partition coefficient (Wildman–Crippen LogP) is 3.83. The first-order chi connectivity index (χ1) is 9.49. The van der Waals surface area contributed by atoms with E-state index in [-0.39, 0.29) is 12.5 Å². The van der Waals surface area contributed by atoms with Crippen LogP contribution in [0.4, 0.5) is 0 Å². The Morgan fingerprint density at radius 1 is 1.40 bits per heavy atom. The van der Waals surface area contributed by atoms with Crippen LogP contribution in [0, 0.1) is 6.92 Å². The van der Waals surface area contributed by atoms with Crippen LogP contribution in [-0.2, 0) is 0 Å². The van der Waals surface area contributed by atoms with Gasteiger partial charge in [-0.25, -0.2) is 0 Å². The fraction of sp³-hybridized carbons (Fsp3) is 0.214. The van der Waals surface area contributed by atoms with E-state index in [2.05, 4.69) is 5.32 Å². The number of hydrogen-bond donors (Lipinski definition) is 2. The molecule has 0 saturated carbocycles. The lowest BCUT2D eigenvalue weighted by Crippen LogP contribution is -2.28. The summed E-state index contributed by atoms with van der Waals surface area (Å²) in [6, 6.07) is 6.62. The smallest absolute Gasteiger partial charge is 0.252 e. The molecule has 20 heavy (non-hydrogen) atoms. The van der Waals surface area contributed by atoms with E-state index in [4.69, 9.17) is 23.2 Å². The highest BCUT2D eigenvalue weighted by Gasteiger charge is 2.15. The number of halogens is 2. The quantitative estimate of drug-likeness (QED) is 0.895. The zero-order chi connectivity index (χ0) is 14.7. The van der Waals surface area contributed by atoms with E-state index in [1.165, 1.54) is 17.4 Å². The van der Waals surface area contributed by atoms with Crippen LogP contribution in [0.25, 0.3) is 0 Å². The van der Waals surface area contributed by atoms with Crippen molar-refractivity contribution in [2.75, 3.05) is 6.54 Å². The van der Waals surface area contributed by atoms with Crippen molar-refractivity contribution in [3.63, 3.8) is 0 Å². The number of thiophene rings is 1. The Morgan fingerprint density at radius 3 is 2.80 bits per heavy atom. The minimum Gasteiger partial charge on any atom is -0.386 e. The molecule has 6 heteroatoms. The maximum atomic E-state index is 12.0. The first-order valence-electron chi connectivity index (χ1n) is 5.94. The Morgan fingerprint density at radius 2 is 2.15 bits per heavy atom. The van der Waals surface area contributed by atoms with Gasteiger partial charge in [-0.1, -0.05) is 23.2 Å². The molecule has 0 spiro atoms. The second kappa shape index (κ2) is 6.59. The van der Waals surface area contributed by atoms with Gasteiger partial charge in [0, 0.05) is 16.4 Å². The van der Waals surface area contributed by atoms with Gasteiger partial charge >= 0.3 is 0 Å². The van der Waals surface area contributed by atoms with Crippen molar-refractivity contribution in [1.29, 1.82) is 0 Å². The summed E-state index contributed by atoms with van der Waals surface area (Å²) in [6.45, 7) is 2.05. The van der Waals surface area contributed by atoms with Gasteiger partial charge in [-0.3, -0.25) is 4.79 Å². The Labute approximate surface area is 131 Å². The zero-order valence-corrected chi connectivity index (χ0v) is 13.0. The SMILES string of the molecule is Cc1ccsc1C(O)CNC(=O)c1cc(Cl)ccc1Cl. The van der Waals surface area contributed by atoms with Crippen LogP contribution in [0.3, 0.4) is 0 Å². The van der Waals surface area contributed by atoms with Gasteiger partial charge in [-0.15, -0.1) is 11.3 Å². The van der Waals surface area contributed by atoms with Gasteiger partial charge in [0.25, 0.3) is 5.91 Å². The lowest BCUT2D eigenvalue weighted by Gasteiger charge is -2.12. The summed E-state index contributed by atoms with van der Waals surface area (Å²) >= 11 is 13.3. The number of aliphatic hydroxyl groups is 1. The van der Waals surface area contributed by atoms with Crippen LogP contribution >= 0.6 is 34.5 Å². The third-order valence-corrected chi connectivity index (χ3v) is 4.52. The molecule has 1 heterocycles. The third kappa shape index (κ3) is 3.52. The molecule has 1 aromatic carbocycles. The molecule has 0 aliphatic rings. The molecule has 1 unspecified atom stereocenters. The summed E-state index contributed by atoms with van der Waals surface area (Å²) in [5.74, 6) is -0.356. The number of hydrogen-bond acceptors (Lipinski definition) is 3. The molecule has 0 radical (unpaired) electrons. The molecule has 0 aliphatic heterocycles. The summed E-state index contributed by atoms with van der Waals surface area (Å²) in [7, 11) is 0. The summed E-state index contributed by atoms with van der Waals surface area (Å²) in [6.07, 6.45) is -0.725. The highest BCUT2D eigenvalue weighted by atomic mass is 35.5. The summed E-state index contributed by atoms with van der Waals surface area (Å²) in [5, 5.41) is 15.4. The van der Waals surface area contributed by atoms with E-state index in [1.807, 2.05) is 18.4 Å². The van der Waals surface area contributed by atoms with Crippen molar-refractivity contribution in [3.05, 3.63) is 55.7 Å². The molecule has 2 aromatic rings. The molecule has 2 N–H and O–H groups in total. The molecule has 106 valence electrons. The van der Waals surface area contributed by atoms with E-state index in [9.17, 15) is 9.90 Å². The Hall–Kier alpha value is -1.07. The summed E-state index contributed by atoms with van der Waals surface area (Å²) in [4.78, 5) is 12.9. The molecular formula is C14H13Cl2NO2S. The van der Waals surface area contributed by atoms with Crippen LogP contribution in [-0.4, -0.2) is 17.6 Å². The second-order valence-corrected chi connectivity index (χ2v) is 6.11. The lowest BCUT2D eigenvalue weighted by atomic mass is 10.2. The van der Waals surface area contributed by atoms with E-state index < -0.39 is 6.10 Å². The van der Waals surface area contributed by atoms with Gasteiger partial charge in [-0.2, -0.15) is 0 Å². The van der Waals surface area contributed by atoms with Crippen LogP contribution in [0.15, 0.2) is 29.6 Å². The fourth-order valence-electron chi connectivity index (χ4n) is 1.77. The lowest BCUT2D eigenvalue weighted by molar-refractivity contribution is 0.0918. The number of amides is 1. The molecular weight excluding hydrogens is 317 g/mol. The Bertz CT molecular complexity index is 627. The maximum Gasteiger partial charge on any atom is 0.252 e. The number of carbonyl (C=O) groups is 1. The van der Waals surface area contributed by atoms with Crippen LogP contribution in [0.2, 0.25) is 10.0 Å². The van der Waals surface area contributed by atoms with Crippen molar-refractivity contribution in [3.8, 4) is 0 Å². The van der Waals surface area contributed by atoms with E-state index in [0.717, 1.165) is 10.4 Å². The van der Waals surface area contributed by atoms with Gasteiger partial charge in [0.2, 0.25) is 0 Å². The molecule has 0 fully saturated rings. The topological polar surface area (TPSA) is 49.3 Å². The van der Waals surface area contributed by atoms with Crippen molar-refractivity contribution >= 4 is 40.4 Å². The number of aryl methyl sites for hydroxylation is 1.